The van der Waals surface area contributed by atoms with E-state index in [-0.39, 0.29) is 16.7 Å². The summed E-state index contributed by atoms with van der Waals surface area (Å²) >= 11 is 0. The predicted octanol–water partition coefficient (Wildman–Crippen LogP) is 1.47. The van der Waals surface area contributed by atoms with Crippen molar-refractivity contribution >= 4 is 11.5 Å². The van der Waals surface area contributed by atoms with E-state index in [4.69, 9.17) is 5.21 Å². The van der Waals surface area contributed by atoms with Gasteiger partial charge in [-0.25, -0.2) is 4.68 Å². The van der Waals surface area contributed by atoms with E-state index in [0.717, 1.165) is 0 Å². The molecule has 0 radical (unpaired) electrons. The maximum atomic E-state index is 11.3. The summed E-state index contributed by atoms with van der Waals surface area (Å²) in [5.41, 5.74) is 1.70. The SMILES string of the molecule is CC(=O)c1nnn(-c2ccc(N([O-])O)cc2)c1C. The number of Topliss-reactive ketones (excluding diaryl/α,β-unsaturated/α-hetero) is 1. The van der Waals surface area contributed by atoms with Gasteiger partial charge in [0.25, 0.3) is 0 Å². The van der Waals surface area contributed by atoms with E-state index in [1.807, 2.05) is 0 Å². The summed E-state index contributed by atoms with van der Waals surface area (Å²) in [6.45, 7) is 3.15. The van der Waals surface area contributed by atoms with E-state index in [2.05, 4.69) is 10.3 Å². The van der Waals surface area contributed by atoms with Crippen molar-refractivity contribution < 1.29 is 10.0 Å². The van der Waals surface area contributed by atoms with Crippen molar-refractivity contribution in [2.24, 2.45) is 0 Å². The third-order valence-corrected chi connectivity index (χ3v) is 2.54. The Morgan fingerprint density at radius 3 is 2.44 bits per heavy atom. The highest BCUT2D eigenvalue weighted by Crippen LogP contribution is 2.17. The summed E-state index contributed by atoms with van der Waals surface area (Å²) in [5, 5.41) is 26.8. The van der Waals surface area contributed by atoms with Crippen LogP contribution in [-0.4, -0.2) is 26.0 Å². The molecule has 0 aliphatic rings. The average Bonchev–Trinajstić information content (AvgIpc) is 2.71. The van der Waals surface area contributed by atoms with Gasteiger partial charge in [-0.2, -0.15) is 0 Å². The van der Waals surface area contributed by atoms with E-state index in [1.54, 1.807) is 19.1 Å². The molecule has 1 aromatic carbocycles. The molecule has 0 aliphatic carbocycles. The van der Waals surface area contributed by atoms with Gasteiger partial charge < -0.3 is 10.4 Å². The van der Waals surface area contributed by atoms with Gasteiger partial charge in [-0.15, -0.1) is 5.10 Å². The molecule has 0 unspecified atom stereocenters. The Balaban J connectivity index is 2.40. The van der Waals surface area contributed by atoms with Gasteiger partial charge in [0.1, 0.15) is 0 Å². The van der Waals surface area contributed by atoms with Gasteiger partial charge >= 0.3 is 0 Å². The first-order valence-corrected chi connectivity index (χ1v) is 5.20. The van der Waals surface area contributed by atoms with Crippen molar-refractivity contribution in [3.8, 4) is 5.69 Å². The predicted molar refractivity (Wildman–Crippen MR) is 63.7 cm³/mol. The fourth-order valence-electron chi connectivity index (χ4n) is 1.62. The van der Waals surface area contributed by atoms with Gasteiger partial charge in [-0.05, 0) is 31.2 Å². The highest BCUT2D eigenvalue weighted by Gasteiger charge is 2.13. The Kier molecular flexibility index (Phi) is 3.09. The first-order chi connectivity index (χ1) is 8.50. The second kappa shape index (κ2) is 4.55. The lowest BCUT2D eigenvalue weighted by atomic mass is 10.2. The third-order valence-electron chi connectivity index (χ3n) is 2.54. The van der Waals surface area contributed by atoms with Crippen LogP contribution in [0.4, 0.5) is 5.69 Å². The Hall–Kier alpha value is -2.25. The van der Waals surface area contributed by atoms with Crippen molar-refractivity contribution in [1.29, 1.82) is 0 Å². The smallest absolute Gasteiger partial charge is 0.181 e. The lowest BCUT2D eigenvalue weighted by Crippen LogP contribution is -2.07. The molecule has 1 aromatic heterocycles. The summed E-state index contributed by atoms with van der Waals surface area (Å²) in [5.74, 6) is -0.156. The first-order valence-electron chi connectivity index (χ1n) is 5.20. The zero-order valence-electron chi connectivity index (χ0n) is 9.86. The molecule has 0 saturated heterocycles. The highest BCUT2D eigenvalue weighted by molar-refractivity contribution is 5.93. The first kappa shape index (κ1) is 12.2. The van der Waals surface area contributed by atoms with Crippen molar-refractivity contribution in [1.82, 2.24) is 15.0 Å². The number of anilines is 1. The second-order valence-corrected chi connectivity index (χ2v) is 3.78. The Bertz CT molecular complexity index is 574. The zero-order chi connectivity index (χ0) is 13.3. The monoisotopic (exact) mass is 247 g/mol. The molecule has 0 atom stereocenters. The van der Waals surface area contributed by atoms with E-state index < -0.39 is 0 Å². The summed E-state index contributed by atoms with van der Waals surface area (Å²) < 4.78 is 1.49. The van der Waals surface area contributed by atoms with Crippen LogP contribution in [0.1, 0.15) is 23.1 Å². The van der Waals surface area contributed by atoms with Gasteiger partial charge in [0.05, 0.1) is 17.1 Å². The van der Waals surface area contributed by atoms with Crippen LogP contribution in [0.15, 0.2) is 24.3 Å². The molecule has 1 N–H and O–H groups in total. The van der Waals surface area contributed by atoms with Gasteiger partial charge in [-0.1, -0.05) is 5.21 Å². The molecule has 1 heterocycles. The minimum absolute atomic E-state index is 0.114. The van der Waals surface area contributed by atoms with Gasteiger partial charge in [-0.3, -0.25) is 10.0 Å². The summed E-state index contributed by atoms with van der Waals surface area (Å²) in [6, 6.07) is 6.08. The van der Waals surface area contributed by atoms with Crippen LogP contribution >= 0.6 is 0 Å². The molecule has 0 aliphatic heterocycles. The lowest BCUT2D eigenvalue weighted by Gasteiger charge is -2.21. The van der Waals surface area contributed by atoms with Crippen LogP contribution in [0.2, 0.25) is 0 Å². The number of benzene rings is 1. The Morgan fingerprint density at radius 2 is 2.00 bits per heavy atom. The highest BCUT2D eigenvalue weighted by atomic mass is 16.8. The second-order valence-electron chi connectivity index (χ2n) is 3.78. The molecule has 0 amide bonds. The Labute approximate surface area is 103 Å². The third kappa shape index (κ3) is 2.08. The van der Waals surface area contributed by atoms with Gasteiger partial charge in [0, 0.05) is 6.92 Å². The molecular weight excluding hydrogens is 236 g/mol. The van der Waals surface area contributed by atoms with E-state index in [9.17, 15) is 10.0 Å². The molecule has 0 bridgehead atoms. The summed E-state index contributed by atoms with van der Waals surface area (Å²) in [7, 11) is 0. The molecule has 94 valence electrons. The van der Waals surface area contributed by atoms with Crippen molar-refractivity contribution in [3.63, 3.8) is 0 Å². The number of hydrogen-bond acceptors (Lipinski definition) is 6. The molecule has 18 heavy (non-hydrogen) atoms. The van der Waals surface area contributed by atoms with Crippen LogP contribution < -0.4 is 5.23 Å². The van der Waals surface area contributed by atoms with Crippen molar-refractivity contribution in [2.75, 3.05) is 5.23 Å². The van der Waals surface area contributed by atoms with Crippen LogP contribution in [0.25, 0.3) is 5.69 Å². The number of aromatic nitrogens is 3. The number of carbonyl (C=O) groups is 1. The largest absolute Gasteiger partial charge is 0.733 e. The minimum atomic E-state index is -0.223. The number of nitrogens with zero attached hydrogens (tertiary/aromatic N) is 4. The van der Waals surface area contributed by atoms with E-state index in [0.29, 0.717) is 17.1 Å². The van der Waals surface area contributed by atoms with E-state index in [1.165, 1.54) is 23.7 Å². The number of ketones is 1. The minimum Gasteiger partial charge on any atom is -0.733 e. The van der Waals surface area contributed by atoms with Crippen LogP contribution in [0.5, 0.6) is 0 Å². The lowest BCUT2D eigenvalue weighted by molar-refractivity contribution is 0.101. The molecule has 0 spiro atoms. The molecule has 0 saturated carbocycles. The molecule has 2 rings (SSSR count). The van der Waals surface area contributed by atoms with Gasteiger partial charge in [0.2, 0.25) is 0 Å². The van der Waals surface area contributed by atoms with Crippen LogP contribution in [0, 0.1) is 12.1 Å². The zero-order valence-corrected chi connectivity index (χ0v) is 9.86. The van der Waals surface area contributed by atoms with E-state index >= 15 is 0 Å². The molecule has 7 heteroatoms. The molecule has 2 aromatic rings. The normalized spacial score (nSPS) is 10.4. The Morgan fingerprint density at radius 1 is 1.39 bits per heavy atom. The molecule has 7 nitrogen and oxygen atoms in total. The maximum absolute atomic E-state index is 11.3. The van der Waals surface area contributed by atoms with Crippen molar-refractivity contribution in [3.05, 3.63) is 40.9 Å². The fraction of sp³-hybridized carbons (Fsp3) is 0.182. The number of rotatable bonds is 3. The topological polar surface area (TPSA) is 94.3 Å². The summed E-state index contributed by atoms with van der Waals surface area (Å²) in [4.78, 5) is 11.3. The molecular formula is C11H11N4O3-. The van der Waals surface area contributed by atoms with Crippen LogP contribution in [0.3, 0.4) is 0 Å². The van der Waals surface area contributed by atoms with Gasteiger partial charge in [0.15, 0.2) is 11.5 Å². The van der Waals surface area contributed by atoms with Crippen LogP contribution in [-0.2, 0) is 0 Å². The standard InChI is InChI=1S/C11H11N4O3/c1-7-11(8(2)16)12-13-14(7)9-3-5-10(6-4-9)15(17)18/h3-6,17H,1-2H3/q-1. The summed E-state index contributed by atoms with van der Waals surface area (Å²) in [6.07, 6.45) is 0. The maximum Gasteiger partial charge on any atom is 0.181 e. The number of carbonyl (C=O) groups excluding carboxylic acids is 1. The fourth-order valence-corrected chi connectivity index (χ4v) is 1.62. The number of hydrogen-bond donors (Lipinski definition) is 1. The van der Waals surface area contributed by atoms with Crippen molar-refractivity contribution in [2.45, 2.75) is 13.8 Å². The average molecular weight is 247 g/mol. The molecule has 0 fully saturated rings. The quantitative estimate of drug-likeness (QED) is 0.652.